The lowest BCUT2D eigenvalue weighted by molar-refractivity contribution is 0.984. The van der Waals surface area contributed by atoms with Crippen molar-refractivity contribution in [1.82, 2.24) is 15.0 Å². The Hall–Kier alpha value is -2.17. The fourth-order valence-electron chi connectivity index (χ4n) is 1.26. The second-order valence-electron chi connectivity index (χ2n) is 3.47. The molecule has 0 aliphatic rings. The Balaban J connectivity index is 2.02. The van der Waals surface area contributed by atoms with E-state index in [-0.39, 0.29) is 0 Å². The number of nitrogens with one attached hydrogen (secondary N) is 1. The van der Waals surface area contributed by atoms with Gasteiger partial charge in [0.2, 0.25) is 0 Å². The molecular formula is C11H13N5. The summed E-state index contributed by atoms with van der Waals surface area (Å²) >= 11 is 0. The van der Waals surface area contributed by atoms with Gasteiger partial charge in [-0.3, -0.25) is 15.0 Å². The van der Waals surface area contributed by atoms with Crippen molar-refractivity contribution in [2.24, 2.45) is 0 Å². The lowest BCUT2D eigenvalue weighted by Crippen LogP contribution is -2.04. The molecule has 0 bridgehead atoms. The van der Waals surface area contributed by atoms with E-state index >= 15 is 0 Å². The van der Waals surface area contributed by atoms with E-state index in [0.29, 0.717) is 12.2 Å². The molecule has 0 aliphatic heterocycles. The molecule has 5 nitrogen and oxygen atoms in total. The number of rotatable bonds is 3. The van der Waals surface area contributed by atoms with Gasteiger partial charge in [-0.15, -0.1) is 0 Å². The Morgan fingerprint density at radius 2 is 2.12 bits per heavy atom. The van der Waals surface area contributed by atoms with E-state index < -0.39 is 0 Å². The molecular weight excluding hydrogens is 202 g/mol. The smallest absolute Gasteiger partial charge is 0.0777 e. The molecule has 0 spiro atoms. The molecule has 5 heteroatoms. The van der Waals surface area contributed by atoms with Gasteiger partial charge in [0.05, 0.1) is 41.7 Å². The number of hydrogen-bond acceptors (Lipinski definition) is 5. The molecule has 82 valence electrons. The summed E-state index contributed by atoms with van der Waals surface area (Å²) in [5.41, 5.74) is 9.02. The summed E-state index contributed by atoms with van der Waals surface area (Å²) in [5.74, 6) is 0. The predicted octanol–water partition coefficient (Wildman–Crippen LogP) is 1.37. The summed E-state index contributed by atoms with van der Waals surface area (Å²) in [7, 11) is 0. The highest BCUT2D eigenvalue weighted by molar-refractivity contribution is 5.64. The van der Waals surface area contributed by atoms with Gasteiger partial charge in [-0.1, -0.05) is 0 Å². The van der Waals surface area contributed by atoms with E-state index in [9.17, 15) is 0 Å². The average molecular weight is 215 g/mol. The predicted molar refractivity (Wildman–Crippen MR) is 62.7 cm³/mol. The molecule has 2 aromatic rings. The zero-order valence-corrected chi connectivity index (χ0v) is 9.01. The number of pyridine rings is 1. The summed E-state index contributed by atoms with van der Waals surface area (Å²) in [6.07, 6.45) is 6.80. The van der Waals surface area contributed by atoms with Crippen LogP contribution in [0.1, 0.15) is 11.4 Å². The SMILES string of the molecule is Cc1cnc(CNc2ccncc2N)cn1. The summed E-state index contributed by atoms with van der Waals surface area (Å²) in [6.45, 7) is 2.51. The second-order valence-corrected chi connectivity index (χ2v) is 3.47. The number of hydrogen-bond donors (Lipinski definition) is 2. The van der Waals surface area contributed by atoms with Crippen LogP contribution in [0.4, 0.5) is 11.4 Å². The number of nitrogens with zero attached hydrogens (tertiary/aromatic N) is 3. The van der Waals surface area contributed by atoms with E-state index in [0.717, 1.165) is 17.1 Å². The molecule has 2 aromatic heterocycles. The van der Waals surface area contributed by atoms with Crippen LogP contribution in [0.2, 0.25) is 0 Å². The van der Waals surface area contributed by atoms with Crippen LogP contribution in [0.3, 0.4) is 0 Å². The molecule has 0 aromatic carbocycles. The Morgan fingerprint density at radius 3 is 2.81 bits per heavy atom. The molecule has 0 saturated heterocycles. The molecule has 0 unspecified atom stereocenters. The lowest BCUT2D eigenvalue weighted by Gasteiger charge is -2.07. The first-order valence-corrected chi connectivity index (χ1v) is 4.96. The highest BCUT2D eigenvalue weighted by Crippen LogP contribution is 2.15. The maximum absolute atomic E-state index is 5.75. The molecule has 0 radical (unpaired) electrons. The standard InChI is InChI=1S/C11H13N5/c1-8-4-15-9(5-14-8)6-16-11-2-3-13-7-10(11)12/h2-5,7H,6,12H2,1H3,(H,13,16). The van der Waals surface area contributed by atoms with Gasteiger partial charge in [-0.2, -0.15) is 0 Å². The average Bonchev–Trinajstić information content (AvgIpc) is 2.30. The quantitative estimate of drug-likeness (QED) is 0.808. The van der Waals surface area contributed by atoms with Crippen molar-refractivity contribution in [2.75, 3.05) is 11.1 Å². The monoisotopic (exact) mass is 215 g/mol. The van der Waals surface area contributed by atoms with Gasteiger partial charge in [0.1, 0.15) is 0 Å². The summed E-state index contributed by atoms with van der Waals surface area (Å²) in [5, 5.41) is 3.18. The maximum Gasteiger partial charge on any atom is 0.0777 e. The second kappa shape index (κ2) is 4.57. The van der Waals surface area contributed by atoms with Gasteiger partial charge in [0.15, 0.2) is 0 Å². The van der Waals surface area contributed by atoms with Crippen molar-refractivity contribution in [3.63, 3.8) is 0 Å². The van der Waals surface area contributed by atoms with Crippen molar-refractivity contribution >= 4 is 11.4 Å². The normalized spacial score (nSPS) is 10.1. The van der Waals surface area contributed by atoms with Gasteiger partial charge in [-0.05, 0) is 13.0 Å². The van der Waals surface area contributed by atoms with E-state index in [1.807, 2.05) is 13.0 Å². The molecule has 2 rings (SSSR count). The molecule has 3 N–H and O–H groups in total. The molecule has 0 saturated carbocycles. The zero-order chi connectivity index (χ0) is 11.4. The van der Waals surface area contributed by atoms with Crippen LogP contribution in [-0.2, 0) is 6.54 Å². The minimum Gasteiger partial charge on any atom is -0.396 e. The Bertz CT molecular complexity index is 466. The van der Waals surface area contributed by atoms with Crippen molar-refractivity contribution in [1.29, 1.82) is 0 Å². The third kappa shape index (κ3) is 2.44. The van der Waals surface area contributed by atoms with Crippen molar-refractivity contribution in [3.05, 3.63) is 42.2 Å². The van der Waals surface area contributed by atoms with Crippen LogP contribution < -0.4 is 11.1 Å². The van der Waals surface area contributed by atoms with Crippen LogP contribution >= 0.6 is 0 Å². The first-order valence-electron chi connectivity index (χ1n) is 4.96. The van der Waals surface area contributed by atoms with Crippen LogP contribution in [0, 0.1) is 6.92 Å². The van der Waals surface area contributed by atoms with Crippen molar-refractivity contribution < 1.29 is 0 Å². The number of aryl methyl sites for hydroxylation is 1. The minimum atomic E-state index is 0.599. The highest BCUT2D eigenvalue weighted by atomic mass is 14.9. The number of nitrogens with two attached hydrogens (primary N) is 1. The third-order valence-corrected chi connectivity index (χ3v) is 2.15. The lowest BCUT2D eigenvalue weighted by atomic mass is 10.3. The first kappa shape index (κ1) is 10.4. The van der Waals surface area contributed by atoms with Crippen LogP contribution in [0.25, 0.3) is 0 Å². The van der Waals surface area contributed by atoms with Crippen molar-refractivity contribution in [2.45, 2.75) is 13.5 Å². The molecule has 0 fully saturated rings. The van der Waals surface area contributed by atoms with Gasteiger partial charge >= 0.3 is 0 Å². The third-order valence-electron chi connectivity index (χ3n) is 2.15. The van der Waals surface area contributed by atoms with Crippen LogP contribution in [-0.4, -0.2) is 15.0 Å². The highest BCUT2D eigenvalue weighted by Gasteiger charge is 1.99. The van der Waals surface area contributed by atoms with E-state index in [4.69, 9.17) is 5.73 Å². The van der Waals surface area contributed by atoms with E-state index in [1.54, 1.807) is 24.8 Å². The summed E-state index contributed by atoms with van der Waals surface area (Å²) in [4.78, 5) is 12.3. The van der Waals surface area contributed by atoms with Crippen LogP contribution in [0.15, 0.2) is 30.9 Å². The molecule has 0 amide bonds. The number of nitrogen functional groups attached to an aromatic ring is 1. The minimum absolute atomic E-state index is 0.599. The Labute approximate surface area is 93.8 Å². The van der Waals surface area contributed by atoms with E-state index in [2.05, 4.69) is 20.3 Å². The molecule has 2 heterocycles. The van der Waals surface area contributed by atoms with Crippen LogP contribution in [0.5, 0.6) is 0 Å². The Morgan fingerprint density at radius 1 is 1.25 bits per heavy atom. The first-order chi connectivity index (χ1) is 7.75. The Kier molecular flexibility index (Phi) is 2.95. The largest absolute Gasteiger partial charge is 0.396 e. The van der Waals surface area contributed by atoms with E-state index in [1.165, 1.54) is 0 Å². The fraction of sp³-hybridized carbons (Fsp3) is 0.182. The topological polar surface area (TPSA) is 76.7 Å². The van der Waals surface area contributed by atoms with Gasteiger partial charge < -0.3 is 11.1 Å². The summed E-state index contributed by atoms with van der Waals surface area (Å²) in [6, 6.07) is 1.83. The number of anilines is 2. The zero-order valence-electron chi connectivity index (χ0n) is 9.01. The molecule has 16 heavy (non-hydrogen) atoms. The van der Waals surface area contributed by atoms with Crippen molar-refractivity contribution in [3.8, 4) is 0 Å². The fourth-order valence-corrected chi connectivity index (χ4v) is 1.26. The van der Waals surface area contributed by atoms with Gasteiger partial charge in [0, 0.05) is 12.4 Å². The maximum atomic E-state index is 5.75. The molecule has 0 aliphatic carbocycles. The van der Waals surface area contributed by atoms with Gasteiger partial charge in [-0.25, -0.2) is 0 Å². The molecule has 0 atom stereocenters. The van der Waals surface area contributed by atoms with Gasteiger partial charge in [0.25, 0.3) is 0 Å². The summed E-state index contributed by atoms with van der Waals surface area (Å²) < 4.78 is 0. The number of aromatic nitrogens is 3.